The number of hydroxylamine groups is 4. The third kappa shape index (κ3) is 38.6. The Labute approximate surface area is 818 Å². The van der Waals surface area contributed by atoms with Crippen LogP contribution in [0.3, 0.4) is 0 Å². The van der Waals surface area contributed by atoms with Gasteiger partial charge in [-0.1, -0.05) is 268 Å². The first-order valence-electron chi connectivity index (χ1n) is 52.6. The van der Waals surface area contributed by atoms with Crippen molar-refractivity contribution < 1.29 is 73.3 Å². The van der Waals surface area contributed by atoms with Crippen LogP contribution < -0.4 is 5.32 Å². The smallest absolute Gasteiger partial charge is 0.306 e. The molecule has 0 amide bonds. The monoisotopic (exact) mass is 1880 g/mol. The zero-order chi connectivity index (χ0) is 102. The predicted octanol–water partition coefficient (Wildman–Crippen LogP) is 29.8. The summed E-state index contributed by atoms with van der Waals surface area (Å²) in [4.78, 5) is 49.2. The molecular formula is C116H201N3O15. The van der Waals surface area contributed by atoms with E-state index in [4.69, 9.17) is 28.4 Å². The largest absolute Gasteiger partial charge is 0.507 e. The molecule has 770 valence electrons. The molecule has 4 saturated heterocycles. The number of hydrogen-bond donors (Lipinski definition) is 6. The van der Waals surface area contributed by atoms with Crippen molar-refractivity contribution in [1.29, 1.82) is 0 Å². The highest BCUT2D eigenvalue weighted by molar-refractivity contribution is 5.78. The van der Waals surface area contributed by atoms with Gasteiger partial charge in [0, 0.05) is 96.1 Å². The maximum atomic E-state index is 12.3. The van der Waals surface area contributed by atoms with E-state index in [2.05, 4.69) is 243 Å². The molecule has 0 bridgehead atoms. The Bertz CT molecular complexity index is 3750. The molecule has 0 atom stereocenters. The van der Waals surface area contributed by atoms with Gasteiger partial charge in [-0.25, -0.2) is 0 Å². The first kappa shape index (κ1) is 119. The second-order valence-electron chi connectivity index (χ2n) is 53.3. The topological polar surface area (TPSA) is 243 Å². The summed E-state index contributed by atoms with van der Waals surface area (Å²) in [6, 6.07) is 13.2. The van der Waals surface area contributed by atoms with Crippen LogP contribution in [0.15, 0.2) is 36.4 Å². The minimum absolute atomic E-state index is 0.00394. The number of unbranched alkanes of at least 4 members (excludes halogenated alkanes) is 9. The van der Waals surface area contributed by atoms with E-state index in [1.165, 1.54) is 98.3 Å². The van der Waals surface area contributed by atoms with Crippen molar-refractivity contribution >= 4 is 23.9 Å². The molecule has 6 aliphatic rings. The molecule has 3 aromatic rings. The van der Waals surface area contributed by atoms with Crippen LogP contribution in [-0.4, -0.2) is 131 Å². The lowest BCUT2D eigenvalue weighted by Crippen LogP contribution is -2.60. The number of piperidine rings is 3. The number of nitrogens with one attached hydrogen (secondary N) is 1. The van der Waals surface area contributed by atoms with Crippen LogP contribution >= 0.6 is 0 Å². The number of aromatic hydroxyl groups is 3. The van der Waals surface area contributed by atoms with Gasteiger partial charge in [0.25, 0.3) is 0 Å². The Morgan fingerprint density at radius 2 is 0.642 bits per heavy atom. The number of carbonyl (C=O) groups excluding carboxylic acids is 4. The fourth-order valence-electron chi connectivity index (χ4n) is 22.5. The highest BCUT2D eigenvalue weighted by Crippen LogP contribution is 2.50. The van der Waals surface area contributed by atoms with Crippen molar-refractivity contribution in [2.75, 3.05) is 13.2 Å². The molecule has 4 heterocycles. The van der Waals surface area contributed by atoms with E-state index in [0.29, 0.717) is 67.6 Å². The Morgan fingerprint density at radius 1 is 0.358 bits per heavy atom. The highest BCUT2D eigenvalue weighted by Gasteiger charge is 2.49. The standard InChI is InChI=1S/C29H53NO4.C23H38O.C22H40N2O6.C21H34O3.C21H36O/c1-26(2)17-22(18-27(3,4)21-26)33-24(31)15-13-11-9-10-12-14-16-25(32)34-23-19-28(5,6)30-29(7,8)20-23;1-8-9-16-10-12-17(13-11-16)18-14-19(22(2,3)4)21(24)20(15-18)23(5,6)7;1-19(2)11-15(12-20(3,4)23(19)27)29-17(25)9-10-18(26)30-16-13-21(5,6)24(28)22(7,8)14-16;1-8-9-14-12-23-19(24-13-14)15-10-16(20(2,3)4)18(22)17(11-15)21(5,6)7;1-8-9-10-11-12-13-16-14-17(20(2,3)4)19(22)18(15-16)21(5,6)7/h22-23,30H,9-21H2,1-8H3;14-17,24H,8-13H2,1-7H3;15-16,27-28H,9-14H2,1-8H3;10-11,14,19,22H,8-9,12-13H2,1-7H3;14-15,22H,8-13H2,1-7H3. The summed E-state index contributed by atoms with van der Waals surface area (Å²) in [7, 11) is 0. The summed E-state index contributed by atoms with van der Waals surface area (Å²) in [5.74, 6) is 2.55. The van der Waals surface area contributed by atoms with Crippen LogP contribution in [0.2, 0.25) is 0 Å². The summed E-state index contributed by atoms with van der Waals surface area (Å²) in [6.45, 7) is 80.4. The van der Waals surface area contributed by atoms with Crippen molar-refractivity contribution in [1.82, 2.24) is 15.4 Å². The highest BCUT2D eigenvalue weighted by atomic mass is 16.7. The van der Waals surface area contributed by atoms with Gasteiger partial charge < -0.3 is 59.5 Å². The van der Waals surface area contributed by atoms with E-state index in [1.54, 1.807) is 0 Å². The number of carbonyl (C=O) groups is 4. The van der Waals surface area contributed by atoms with Crippen molar-refractivity contribution in [3.8, 4) is 17.2 Å². The van der Waals surface area contributed by atoms with Gasteiger partial charge in [0.15, 0.2) is 6.29 Å². The van der Waals surface area contributed by atoms with Gasteiger partial charge in [-0.15, -0.1) is 0 Å². The normalized spacial score (nSPS) is 22.3. The maximum Gasteiger partial charge on any atom is 0.306 e. The SMILES string of the molecule is CC1(C)CC(OC(=O)CCC(=O)OC2CC(C)(C)N(O)C(C)(C)C2)CC(C)(C)N1O.CC1(C)CC(OC(=O)CCCCCCCCC(=O)OC2CC(C)(C)NC(C)(C)C2)CC(C)(C)C1.CCCC1CCC(c2cc(C(C)(C)C)c(O)c(C(C)(C)C)c2)CC1.CCCC1COC(c2cc(C(C)(C)C)c(O)c(C(C)(C)C)c2)OC1.CCCCCCCc1cc(C(C)(C)C)c(O)c(C(C)(C)C)c1. The number of benzene rings is 3. The molecule has 0 aromatic heterocycles. The number of hydrogen-bond acceptors (Lipinski definition) is 18. The number of nitrogens with zero attached hydrogens (tertiary/aromatic N) is 2. The van der Waals surface area contributed by atoms with Crippen molar-refractivity contribution in [3.05, 3.63) is 86.5 Å². The lowest BCUT2D eigenvalue weighted by Gasteiger charge is -2.51. The second-order valence-corrected chi connectivity index (χ2v) is 53.3. The molecule has 0 spiro atoms. The second kappa shape index (κ2) is 48.9. The van der Waals surface area contributed by atoms with Crippen LogP contribution in [-0.2, 0) is 86.5 Å². The minimum atomic E-state index is -0.507. The average Bonchev–Trinajstić information content (AvgIpc) is 0.775. The molecule has 134 heavy (non-hydrogen) atoms. The van der Waals surface area contributed by atoms with Crippen molar-refractivity contribution in [3.63, 3.8) is 0 Å². The Morgan fingerprint density at radius 3 is 0.970 bits per heavy atom. The summed E-state index contributed by atoms with van der Waals surface area (Å²) >= 11 is 0. The summed E-state index contributed by atoms with van der Waals surface area (Å²) in [5, 5.41) is 59.4. The molecule has 4 aliphatic heterocycles. The number of esters is 4. The van der Waals surface area contributed by atoms with Crippen LogP contribution in [0.5, 0.6) is 17.2 Å². The molecule has 6 N–H and O–H groups in total. The quantitative estimate of drug-likeness (QED) is 0.0225. The molecule has 0 radical (unpaired) electrons. The third-order valence-electron chi connectivity index (χ3n) is 28.4. The fraction of sp³-hybridized carbons (Fsp3) is 0.810. The maximum absolute atomic E-state index is 12.3. The Hall–Kier alpha value is -5.34. The van der Waals surface area contributed by atoms with E-state index in [9.17, 15) is 44.9 Å². The Balaban J connectivity index is 0.000000299. The zero-order valence-corrected chi connectivity index (χ0v) is 92.5. The average molecular weight is 1880 g/mol. The molecular weight excluding hydrogens is 1680 g/mol. The predicted molar refractivity (Wildman–Crippen MR) is 551 cm³/mol. The molecule has 6 fully saturated rings. The minimum Gasteiger partial charge on any atom is -0.507 e. The van der Waals surface area contributed by atoms with Gasteiger partial charge in [0.1, 0.15) is 41.7 Å². The van der Waals surface area contributed by atoms with Gasteiger partial charge >= 0.3 is 23.9 Å². The molecule has 0 unspecified atom stereocenters. The molecule has 2 saturated carbocycles. The molecule has 2 aliphatic carbocycles. The summed E-state index contributed by atoms with van der Waals surface area (Å²) in [6.07, 6.45) is 31.1. The van der Waals surface area contributed by atoms with E-state index >= 15 is 0 Å². The zero-order valence-electron chi connectivity index (χ0n) is 92.5. The van der Waals surface area contributed by atoms with E-state index in [1.807, 2.05) is 55.4 Å². The van der Waals surface area contributed by atoms with Gasteiger partial charge in [0.2, 0.25) is 0 Å². The summed E-state index contributed by atoms with van der Waals surface area (Å²) < 4.78 is 34.8. The molecule has 18 nitrogen and oxygen atoms in total. The van der Waals surface area contributed by atoms with Gasteiger partial charge in [-0.05, 0) is 272 Å². The van der Waals surface area contributed by atoms with Crippen LogP contribution in [0.25, 0.3) is 0 Å². The van der Waals surface area contributed by atoms with Crippen LogP contribution in [0, 0.1) is 22.7 Å². The van der Waals surface area contributed by atoms with Crippen LogP contribution in [0.4, 0.5) is 0 Å². The van der Waals surface area contributed by atoms with Gasteiger partial charge in [-0.2, -0.15) is 10.1 Å². The van der Waals surface area contributed by atoms with Crippen molar-refractivity contribution in [2.24, 2.45) is 22.7 Å². The van der Waals surface area contributed by atoms with Crippen molar-refractivity contribution in [2.45, 2.75) is 570 Å². The summed E-state index contributed by atoms with van der Waals surface area (Å²) in [5.41, 5.74) is 8.18. The lowest BCUT2D eigenvalue weighted by atomic mass is 9.64. The number of aryl methyl sites for hydroxylation is 1. The molecule has 18 heteroatoms. The Kier molecular flexibility index (Phi) is 43.5. The first-order chi connectivity index (χ1) is 61.2. The fourth-order valence-corrected chi connectivity index (χ4v) is 22.5. The molecule has 9 rings (SSSR count). The van der Waals surface area contributed by atoms with Gasteiger partial charge in [-0.3, -0.25) is 19.2 Å². The van der Waals surface area contributed by atoms with E-state index in [0.717, 1.165) is 142 Å². The van der Waals surface area contributed by atoms with E-state index in [-0.39, 0.29) is 110 Å². The number of phenolic OH excluding ortho intramolecular Hbond substituents is 3. The number of phenols is 3. The lowest BCUT2D eigenvalue weighted by molar-refractivity contribution is -0.260. The number of ether oxygens (including phenoxy) is 6. The van der Waals surface area contributed by atoms with Crippen LogP contribution in [0.1, 0.15) is 524 Å². The van der Waals surface area contributed by atoms with Gasteiger partial charge in [0.05, 0.1) is 26.1 Å². The number of rotatable bonds is 28. The third-order valence-corrected chi connectivity index (χ3v) is 28.4. The molecule has 3 aromatic carbocycles. The first-order valence-corrected chi connectivity index (χ1v) is 52.6. The van der Waals surface area contributed by atoms with E-state index < -0.39 is 34.1 Å².